The van der Waals surface area contributed by atoms with Gasteiger partial charge < -0.3 is 20.5 Å². The van der Waals surface area contributed by atoms with Gasteiger partial charge in [-0.15, -0.1) is 0 Å². The Balaban J connectivity index is 0.000000218. The third-order valence-corrected chi connectivity index (χ3v) is 5.54. The van der Waals surface area contributed by atoms with Crippen molar-refractivity contribution >= 4 is 18.0 Å². The number of aromatic nitrogens is 1. The number of carbonyl (C=O) groups is 2. The van der Waals surface area contributed by atoms with Gasteiger partial charge in [0.25, 0.3) is 0 Å². The summed E-state index contributed by atoms with van der Waals surface area (Å²) in [4.78, 5) is 25.7. The van der Waals surface area contributed by atoms with Gasteiger partial charge in [0.15, 0.2) is 0 Å². The normalized spacial score (nSPS) is 15.4. The summed E-state index contributed by atoms with van der Waals surface area (Å²) in [5, 5.41) is 2.78. The Hall–Kier alpha value is -3.99. The van der Waals surface area contributed by atoms with Crippen molar-refractivity contribution in [3.05, 3.63) is 76.7 Å². The lowest BCUT2D eigenvalue weighted by Crippen LogP contribution is -2.20. The van der Waals surface area contributed by atoms with E-state index in [-0.39, 0.29) is 17.8 Å². The van der Waals surface area contributed by atoms with Crippen LogP contribution in [0.25, 0.3) is 0 Å². The molecule has 37 heavy (non-hydrogen) atoms. The van der Waals surface area contributed by atoms with E-state index in [1.165, 1.54) is 12.6 Å². The summed E-state index contributed by atoms with van der Waals surface area (Å²) in [5.41, 5.74) is 5.14. The van der Waals surface area contributed by atoms with Gasteiger partial charge in [-0.3, -0.25) is 9.59 Å². The van der Waals surface area contributed by atoms with Gasteiger partial charge in [-0.25, -0.2) is 9.37 Å². The number of alkyl halides is 3. The molecular weight excluding hydrogens is 494 g/mol. The van der Waals surface area contributed by atoms with Gasteiger partial charge in [-0.05, 0) is 49.9 Å². The van der Waals surface area contributed by atoms with Crippen molar-refractivity contribution in [2.24, 2.45) is 5.73 Å². The highest BCUT2D eigenvalue weighted by molar-refractivity contribution is 5.93. The zero-order valence-corrected chi connectivity index (χ0v) is 20.1. The molecule has 3 heterocycles. The predicted octanol–water partition coefficient (Wildman–Crippen LogP) is 5.49. The largest absolute Gasteiger partial charge is 0.493 e. The fourth-order valence-electron chi connectivity index (χ4n) is 3.73. The lowest BCUT2D eigenvalue weighted by Gasteiger charge is -2.19. The van der Waals surface area contributed by atoms with Crippen molar-refractivity contribution in [3.8, 4) is 17.2 Å². The van der Waals surface area contributed by atoms with Crippen LogP contribution in [0, 0.1) is 5.82 Å². The van der Waals surface area contributed by atoms with Crippen LogP contribution in [0.2, 0.25) is 0 Å². The molecule has 1 atom stereocenters. The number of anilines is 1. The number of fused-ring (bicyclic) bond motifs is 2. The fourth-order valence-corrected chi connectivity index (χ4v) is 3.73. The average Bonchev–Trinajstić information content (AvgIpc) is 3.24. The molecular formula is C26H25F4N3O4. The highest BCUT2D eigenvalue weighted by atomic mass is 19.4. The first-order valence-corrected chi connectivity index (χ1v) is 11.3. The summed E-state index contributed by atoms with van der Waals surface area (Å²) in [5.74, 6) is 2.01. The number of nitrogens with two attached hydrogens (primary N) is 1. The Morgan fingerprint density at radius 1 is 1.14 bits per heavy atom. The number of aldehydes is 1. The molecule has 1 unspecified atom stereocenters. The summed E-state index contributed by atoms with van der Waals surface area (Å²) in [6, 6.07) is 9.73. The molecule has 3 N–H and O–H groups in total. The van der Waals surface area contributed by atoms with Gasteiger partial charge in [-0.2, -0.15) is 13.2 Å². The highest BCUT2D eigenvalue weighted by Crippen LogP contribution is 2.39. The Morgan fingerprint density at radius 2 is 1.89 bits per heavy atom. The van der Waals surface area contributed by atoms with Gasteiger partial charge in [0.1, 0.15) is 35.2 Å². The van der Waals surface area contributed by atoms with Crippen LogP contribution >= 0.6 is 0 Å². The number of hydrogen-bond donors (Lipinski definition) is 2. The molecule has 2 aliphatic heterocycles. The number of pyridine rings is 1. The first-order valence-electron chi connectivity index (χ1n) is 11.3. The van der Waals surface area contributed by atoms with E-state index >= 15 is 0 Å². The van der Waals surface area contributed by atoms with Crippen molar-refractivity contribution in [2.75, 3.05) is 19.0 Å². The van der Waals surface area contributed by atoms with E-state index in [0.29, 0.717) is 36.7 Å². The molecule has 0 saturated heterocycles. The maximum absolute atomic E-state index is 12.7. The molecule has 2 aliphatic rings. The summed E-state index contributed by atoms with van der Waals surface area (Å²) in [6.45, 7) is 2.86. The molecule has 2 aromatic carbocycles. The average molecular weight is 519 g/mol. The first kappa shape index (κ1) is 27.6. The first-order chi connectivity index (χ1) is 17.7. The van der Waals surface area contributed by atoms with Crippen LogP contribution < -0.4 is 20.5 Å². The zero-order chi connectivity index (χ0) is 27.2. The topological polar surface area (TPSA) is 104 Å². The lowest BCUT2D eigenvalue weighted by atomic mass is 10.0. The van der Waals surface area contributed by atoms with Crippen molar-refractivity contribution in [1.82, 2.24) is 4.98 Å². The quantitative estimate of drug-likeness (QED) is 0.351. The summed E-state index contributed by atoms with van der Waals surface area (Å²) in [6.07, 6.45) is -1.67. The Kier molecular flexibility index (Phi) is 8.82. The molecule has 196 valence electrons. The number of halogens is 4. The lowest BCUT2D eigenvalue weighted by molar-refractivity contribution is -0.140. The van der Waals surface area contributed by atoms with Crippen LogP contribution in [0.4, 0.5) is 23.4 Å². The maximum Gasteiger partial charge on any atom is 0.419 e. The van der Waals surface area contributed by atoms with Crippen LogP contribution in [-0.2, 0) is 17.4 Å². The van der Waals surface area contributed by atoms with Gasteiger partial charge in [-0.1, -0.05) is 13.0 Å². The minimum atomic E-state index is -4.72. The van der Waals surface area contributed by atoms with Crippen molar-refractivity contribution in [2.45, 2.75) is 31.9 Å². The van der Waals surface area contributed by atoms with Crippen LogP contribution in [0.3, 0.4) is 0 Å². The third-order valence-electron chi connectivity index (χ3n) is 5.54. The Morgan fingerprint density at radius 3 is 2.57 bits per heavy atom. The molecule has 0 fully saturated rings. The maximum atomic E-state index is 12.7. The molecule has 11 heteroatoms. The van der Waals surface area contributed by atoms with Crippen LogP contribution in [0.5, 0.6) is 17.2 Å². The number of amides is 1. The Bertz CT molecular complexity index is 1280. The second-order valence-electron chi connectivity index (χ2n) is 8.05. The highest BCUT2D eigenvalue weighted by Gasteiger charge is 2.33. The van der Waals surface area contributed by atoms with E-state index in [0.717, 1.165) is 35.5 Å². The second kappa shape index (κ2) is 11.8. The molecule has 7 nitrogen and oxygen atoms in total. The number of carbonyl (C=O) groups excluding carboxylic acids is 2. The van der Waals surface area contributed by atoms with Crippen LogP contribution in [-0.4, -0.2) is 30.8 Å². The number of nitrogens with one attached hydrogen (secondary N) is 1. The van der Waals surface area contributed by atoms with Gasteiger partial charge in [0.2, 0.25) is 5.91 Å². The van der Waals surface area contributed by atoms with Gasteiger partial charge in [0, 0.05) is 35.2 Å². The van der Waals surface area contributed by atoms with E-state index in [9.17, 15) is 27.2 Å². The third kappa shape index (κ3) is 6.62. The summed E-state index contributed by atoms with van der Waals surface area (Å²) >= 11 is 0. The van der Waals surface area contributed by atoms with Crippen molar-refractivity contribution in [1.29, 1.82) is 0 Å². The molecule has 0 saturated carbocycles. The van der Waals surface area contributed by atoms with Gasteiger partial charge >= 0.3 is 6.18 Å². The predicted molar refractivity (Wildman–Crippen MR) is 129 cm³/mol. The van der Waals surface area contributed by atoms with E-state index in [1.807, 2.05) is 24.3 Å². The fraction of sp³-hybridized carbons (Fsp3) is 0.269. The molecule has 5 rings (SSSR count). The van der Waals surface area contributed by atoms with E-state index < -0.39 is 17.6 Å². The number of nitrogens with zero attached hydrogens (tertiary/aromatic N) is 1. The van der Waals surface area contributed by atoms with E-state index in [1.54, 1.807) is 6.20 Å². The summed E-state index contributed by atoms with van der Waals surface area (Å²) in [7, 11) is 1.50. The number of benzene rings is 2. The second-order valence-corrected chi connectivity index (χ2v) is 8.05. The SMILES string of the molecule is CC1COc2ccc(Oc3ccnc4c3CCC(=O)N4)cc21.CN.O=Cc1ccc(C(F)(F)F)c(F)c1. The number of rotatable bonds is 3. The summed E-state index contributed by atoms with van der Waals surface area (Å²) < 4.78 is 60.2. The van der Waals surface area contributed by atoms with E-state index in [2.05, 4.69) is 23.0 Å². The molecule has 1 amide bonds. The monoisotopic (exact) mass is 519 g/mol. The zero-order valence-electron chi connectivity index (χ0n) is 20.1. The minimum Gasteiger partial charge on any atom is -0.493 e. The van der Waals surface area contributed by atoms with Gasteiger partial charge in [0.05, 0.1) is 12.2 Å². The molecule has 3 aromatic rings. The Labute approximate surface area is 210 Å². The number of ether oxygens (including phenoxy) is 2. The standard InChI is InChI=1S/C17H16N2O3.C8H4F4O.CH5N/c1-10-9-21-14-4-2-11(8-13(10)14)22-15-6-7-18-17-12(15)3-5-16(20)19-17;9-7-3-5(4-13)1-2-6(7)8(10,11)12;1-2/h2,4,6-8,10H,3,5,9H2,1H3,(H,18,19,20);1-4H;2H2,1H3. The minimum absolute atomic E-state index is 0.000606. The van der Waals surface area contributed by atoms with E-state index in [4.69, 9.17) is 9.47 Å². The molecule has 0 aliphatic carbocycles. The van der Waals surface area contributed by atoms with Crippen LogP contribution in [0.15, 0.2) is 48.7 Å². The number of hydrogen-bond acceptors (Lipinski definition) is 6. The molecule has 1 aromatic heterocycles. The molecule has 0 spiro atoms. The molecule has 0 bridgehead atoms. The van der Waals surface area contributed by atoms with Crippen molar-refractivity contribution < 1.29 is 36.6 Å². The smallest absolute Gasteiger partial charge is 0.419 e. The van der Waals surface area contributed by atoms with Crippen molar-refractivity contribution in [3.63, 3.8) is 0 Å². The van der Waals surface area contributed by atoms with Crippen LogP contribution in [0.1, 0.15) is 46.3 Å². The molecule has 0 radical (unpaired) electrons.